The number of benzene rings is 1. The fourth-order valence-electron chi connectivity index (χ4n) is 2.58. The fourth-order valence-corrected chi connectivity index (χ4v) is 2.58. The van der Waals surface area contributed by atoms with Crippen molar-refractivity contribution in [2.75, 3.05) is 19.7 Å². The molecule has 0 spiro atoms. The summed E-state index contributed by atoms with van der Waals surface area (Å²) < 4.78 is 18.9. The zero-order valence-electron chi connectivity index (χ0n) is 12.4. The molecule has 1 unspecified atom stereocenters. The number of amides is 1. The number of likely N-dealkylation sites (tertiary alicyclic amines) is 1. The number of carbonyl (C=O) groups excluding carboxylic acids is 2. The molecule has 21 heavy (non-hydrogen) atoms. The van der Waals surface area contributed by atoms with E-state index in [0.717, 1.165) is 12.0 Å². The fraction of sp³-hybridized carbons (Fsp3) is 0.500. The summed E-state index contributed by atoms with van der Waals surface area (Å²) in [6.07, 6.45) is 1.43. The van der Waals surface area contributed by atoms with Crippen LogP contribution < -0.4 is 0 Å². The first kappa shape index (κ1) is 15.5. The maximum absolute atomic E-state index is 13.9. The van der Waals surface area contributed by atoms with Crippen molar-refractivity contribution in [3.8, 4) is 0 Å². The highest BCUT2D eigenvalue weighted by atomic mass is 19.1. The Morgan fingerprint density at radius 2 is 2.19 bits per heavy atom. The molecule has 0 radical (unpaired) electrons. The standard InChI is InChI=1S/C16H20FNO3/c1-3-21-16(20)12-5-4-8-18(10-12)15(19)13-7-6-11(2)9-14(13)17/h6-7,9,12H,3-5,8,10H2,1-2H3. The van der Waals surface area contributed by atoms with Crippen molar-refractivity contribution >= 4 is 11.9 Å². The third-order valence-electron chi connectivity index (χ3n) is 3.68. The normalized spacial score (nSPS) is 18.4. The van der Waals surface area contributed by atoms with Gasteiger partial charge in [0.2, 0.25) is 0 Å². The van der Waals surface area contributed by atoms with Crippen molar-refractivity contribution in [3.63, 3.8) is 0 Å². The number of carbonyl (C=O) groups is 2. The molecule has 1 fully saturated rings. The smallest absolute Gasteiger partial charge is 0.310 e. The van der Waals surface area contributed by atoms with E-state index in [-0.39, 0.29) is 23.4 Å². The number of hydrogen-bond acceptors (Lipinski definition) is 3. The van der Waals surface area contributed by atoms with Crippen LogP contribution in [0.15, 0.2) is 18.2 Å². The molecule has 0 aromatic heterocycles. The van der Waals surface area contributed by atoms with Crippen molar-refractivity contribution in [1.29, 1.82) is 0 Å². The first-order chi connectivity index (χ1) is 10.0. The topological polar surface area (TPSA) is 46.6 Å². The van der Waals surface area contributed by atoms with Gasteiger partial charge < -0.3 is 9.64 Å². The van der Waals surface area contributed by atoms with E-state index in [2.05, 4.69) is 0 Å². The van der Waals surface area contributed by atoms with Gasteiger partial charge in [-0.25, -0.2) is 4.39 Å². The first-order valence-electron chi connectivity index (χ1n) is 7.25. The van der Waals surface area contributed by atoms with Gasteiger partial charge in [-0.15, -0.1) is 0 Å². The van der Waals surface area contributed by atoms with Crippen molar-refractivity contribution in [1.82, 2.24) is 4.90 Å². The molecule has 2 rings (SSSR count). The van der Waals surface area contributed by atoms with E-state index in [1.165, 1.54) is 12.1 Å². The molecule has 0 N–H and O–H groups in total. The van der Waals surface area contributed by atoms with Crippen LogP contribution in [0.25, 0.3) is 0 Å². The summed E-state index contributed by atoms with van der Waals surface area (Å²) in [5.41, 5.74) is 0.831. The highest BCUT2D eigenvalue weighted by Gasteiger charge is 2.30. The Hall–Kier alpha value is -1.91. The van der Waals surface area contributed by atoms with Gasteiger partial charge in [0, 0.05) is 13.1 Å². The second kappa shape index (κ2) is 6.70. The second-order valence-electron chi connectivity index (χ2n) is 5.33. The monoisotopic (exact) mass is 293 g/mol. The molecule has 1 aromatic carbocycles. The van der Waals surface area contributed by atoms with Gasteiger partial charge in [-0.1, -0.05) is 6.07 Å². The summed E-state index contributed by atoms with van der Waals surface area (Å²) in [6.45, 7) is 4.70. The van der Waals surface area contributed by atoms with Gasteiger partial charge >= 0.3 is 5.97 Å². The number of rotatable bonds is 3. The van der Waals surface area contributed by atoms with Crippen LogP contribution >= 0.6 is 0 Å². The van der Waals surface area contributed by atoms with E-state index in [9.17, 15) is 14.0 Å². The van der Waals surface area contributed by atoms with Crippen LogP contribution in [0.4, 0.5) is 4.39 Å². The molecule has 1 amide bonds. The minimum atomic E-state index is -0.516. The lowest BCUT2D eigenvalue weighted by Gasteiger charge is -2.31. The SMILES string of the molecule is CCOC(=O)C1CCCN(C(=O)c2ccc(C)cc2F)C1. The number of halogens is 1. The zero-order valence-corrected chi connectivity index (χ0v) is 12.4. The third kappa shape index (κ3) is 3.60. The average Bonchev–Trinajstić information content (AvgIpc) is 2.47. The predicted octanol–water partition coefficient (Wildman–Crippen LogP) is 2.55. The molecule has 1 saturated heterocycles. The van der Waals surface area contributed by atoms with Crippen LogP contribution in [-0.2, 0) is 9.53 Å². The molecule has 114 valence electrons. The quantitative estimate of drug-likeness (QED) is 0.805. The molecule has 1 heterocycles. The highest BCUT2D eigenvalue weighted by molar-refractivity contribution is 5.95. The van der Waals surface area contributed by atoms with Crippen molar-refractivity contribution in [3.05, 3.63) is 35.1 Å². The Bertz CT molecular complexity index is 544. The Balaban J connectivity index is 2.10. The lowest BCUT2D eigenvalue weighted by atomic mass is 9.97. The van der Waals surface area contributed by atoms with Crippen molar-refractivity contribution < 1.29 is 18.7 Å². The van der Waals surface area contributed by atoms with Crippen molar-refractivity contribution in [2.45, 2.75) is 26.7 Å². The van der Waals surface area contributed by atoms with Gasteiger partial charge in [0.15, 0.2) is 0 Å². The molecule has 1 aliphatic heterocycles. The number of hydrogen-bond donors (Lipinski definition) is 0. The predicted molar refractivity (Wildman–Crippen MR) is 76.4 cm³/mol. The highest BCUT2D eigenvalue weighted by Crippen LogP contribution is 2.21. The lowest BCUT2D eigenvalue weighted by molar-refractivity contribution is -0.149. The number of aryl methyl sites for hydroxylation is 1. The summed E-state index contributed by atoms with van der Waals surface area (Å²) in [5, 5.41) is 0. The summed E-state index contributed by atoms with van der Waals surface area (Å²) in [5.74, 6) is -1.46. The van der Waals surface area contributed by atoms with E-state index in [4.69, 9.17) is 4.74 Å². The van der Waals surface area contributed by atoms with Gasteiger partial charge in [0.05, 0.1) is 18.1 Å². The Kier molecular flexibility index (Phi) is 4.94. The van der Waals surface area contributed by atoms with Gasteiger partial charge in [-0.3, -0.25) is 9.59 Å². The number of esters is 1. The molecule has 1 atom stereocenters. The minimum Gasteiger partial charge on any atom is -0.466 e. The Morgan fingerprint density at radius 1 is 1.43 bits per heavy atom. The molecule has 0 saturated carbocycles. The van der Waals surface area contributed by atoms with Crippen LogP contribution in [0.5, 0.6) is 0 Å². The average molecular weight is 293 g/mol. The van der Waals surface area contributed by atoms with Crippen LogP contribution in [0.2, 0.25) is 0 Å². The van der Waals surface area contributed by atoms with E-state index in [1.54, 1.807) is 24.8 Å². The number of nitrogens with zero attached hydrogens (tertiary/aromatic N) is 1. The Morgan fingerprint density at radius 3 is 2.86 bits per heavy atom. The maximum Gasteiger partial charge on any atom is 0.310 e. The van der Waals surface area contributed by atoms with E-state index in [1.807, 2.05) is 0 Å². The van der Waals surface area contributed by atoms with Gasteiger partial charge in [0.1, 0.15) is 5.82 Å². The molecule has 4 nitrogen and oxygen atoms in total. The van der Waals surface area contributed by atoms with Gasteiger partial charge in [-0.05, 0) is 44.4 Å². The molecule has 0 aliphatic carbocycles. The van der Waals surface area contributed by atoms with Crippen molar-refractivity contribution in [2.24, 2.45) is 5.92 Å². The molecule has 0 bridgehead atoms. The summed E-state index contributed by atoms with van der Waals surface area (Å²) in [6, 6.07) is 4.56. The summed E-state index contributed by atoms with van der Waals surface area (Å²) >= 11 is 0. The summed E-state index contributed by atoms with van der Waals surface area (Å²) in [4.78, 5) is 25.7. The summed E-state index contributed by atoms with van der Waals surface area (Å²) in [7, 11) is 0. The minimum absolute atomic E-state index is 0.0603. The zero-order chi connectivity index (χ0) is 15.4. The second-order valence-corrected chi connectivity index (χ2v) is 5.33. The van der Waals surface area contributed by atoms with Crippen LogP contribution in [0, 0.1) is 18.7 Å². The molecular formula is C16H20FNO3. The lowest BCUT2D eigenvalue weighted by Crippen LogP contribution is -2.43. The van der Waals surface area contributed by atoms with Crippen LogP contribution in [0.3, 0.4) is 0 Å². The Labute approximate surface area is 123 Å². The van der Waals surface area contributed by atoms with Crippen LogP contribution in [-0.4, -0.2) is 36.5 Å². The van der Waals surface area contributed by atoms with Gasteiger partial charge in [0.25, 0.3) is 5.91 Å². The van der Waals surface area contributed by atoms with E-state index < -0.39 is 5.82 Å². The molecular weight excluding hydrogens is 273 g/mol. The maximum atomic E-state index is 13.9. The third-order valence-corrected chi connectivity index (χ3v) is 3.68. The van der Waals surface area contributed by atoms with E-state index in [0.29, 0.717) is 26.1 Å². The number of piperidine rings is 1. The first-order valence-corrected chi connectivity index (χ1v) is 7.25. The molecule has 1 aromatic rings. The molecule has 5 heteroatoms. The number of ether oxygens (including phenoxy) is 1. The molecule has 1 aliphatic rings. The largest absolute Gasteiger partial charge is 0.466 e. The van der Waals surface area contributed by atoms with Crippen LogP contribution in [0.1, 0.15) is 35.7 Å². The van der Waals surface area contributed by atoms with Gasteiger partial charge in [-0.2, -0.15) is 0 Å². The van der Waals surface area contributed by atoms with E-state index >= 15 is 0 Å².